The average molecular weight is 252 g/mol. The third kappa shape index (κ3) is 1.91. The third-order valence-corrected chi connectivity index (χ3v) is 3.42. The molecule has 3 heteroatoms. The molecule has 0 spiro atoms. The van der Waals surface area contributed by atoms with E-state index in [1.165, 1.54) is 11.3 Å². The minimum Gasteiger partial charge on any atom is -0.240 e. The summed E-state index contributed by atoms with van der Waals surface area (Å²) >= 11 is 0. The number of rotatable bonds is 2. The normalized spacial score (nSPS) is 11.4. The molecule has 0 saturated carbocycles. The highest BCUT2D eigenvalue weighted by atomic mass is 15.2. The molecule has 0 unspecified atom stereocenters. The number of aromatic nitrogens is 3. The smallest absolute Gasteiger partial charge is 0.216 e. The second-order valence-electron chi connectivity index (χ2n) is 5.14. The van der Waals surface area contributed by atoms with E-state index >= 15 is 0 Å². The lowest BCUT2D eigenvalue weighted by atomic mass is 10.0. The topological polar surface area (TPSA) is 21.2 Å². The Morgan fingerprint density at radius 3 is 2.63 bits per heavy atom. The molecular formula is C16H18N3+. The van der Waals surface area contributed by atoms with Crippen LogP contribution in [0.15, 0.2) is 48.8 Å². The molecule has 0 fully saturated rings. The van der Waals surface area contributed by atoms with Gasteiger partial charge >= 0.3 is 0 Å². The molecule has 19 heavy (non-hydrogen) atoms. The van der Waals surface area contributed by atoms with Crippen LogP contribution in [-0.4, -0.2) is 9.61 Å². The Hall–Kier alpha value is -2.16. The van der Waals surface area contributed by atoms with Crippen LogP contribution in [0, 0.1) is 0 Å². The largest absolute Gasteiger partial charge is 0.240 e. The van der Waals surface area contributed by atoms with E-state index < -0.39 is 0 Å². The fourth-order valence-electron chi connectivity index (χ4n) is 2.47. The van der Waals surface area contributed by atoms with Gasteiger partial charge in [-0.3, -0.25) is 0 Å². The van der Waals surface area contributed by atoms with E-state index in [2.05, 4.69) is 55.9 Å². The second-order valence-corrected chi connectivity index (χ2v) is 5.14. The van der Waals surface area contributed by atoms with Gasteiger partial charge < -0.3 is 0 Å². The van der Waals surface area contributed by atoms with Crippen molar-refractivity contribution in [3.05, 3.63) is 54.5 Å². The molecule has 0 aliphatic heterocycles. The molecule has 0 saturated heterocycles. The van der Waals surface area contributed by atoms with Gasteiger partial charge in [0.1, 0.15) is 7.05 Å². The predicted molar refractivity (Wildman–Crippen MR) is 75.9 cm³/mol. The fraction of sp³-hybridized carbons (Fsp3) is 0.250. The Balaban J connectivity index is 2.38. The van der Waals surface area contributed by atoms with E-state index in [0.29, 0.717) is 5.92 Å². The van der Waals surface area contributed by atoms with E-state index in [9.17, 15) is 0 Å². The van der Waals surface area contributed by atoms with Crippen LogP contribution < -0.4 is 4.57 Å². The summed E-state index contributed by atoms with van der Waals surface area (Å²) in [4.78, 5) is 0. The third-order valence-electron chi connectivity index (χ3n) is 3.42. The summed E-state index contributed by atoms with van der Waals surface area (Å²) in [7, 11) is 2.08. The van der Waals surface area contributed by atoms with Gasteiger partial charge in [-0.05, 0) is 24.1 Å². The first-order valence-electron chi connectivity index (χ1n) is 6.61. The number of pyridine rings is 2. The van der Waals surface area contributed by atoms with Crippen molar-refractivity contribution >= 4 is 5.52 Å². The Bertz CT molecular complexity index is 726. The van der Waals surface area contributed by atoms with Crippen molar-refractivity contribution in [2.75, 3.05) is 0 Å². The zero-order valence-electron chi connectivity index (χ0n) is 11.5. The highest BCUT2D eigenvalue weighted by Crippen LogP contribution is 2.30. The maximum atomic E-state index is 4.73. The molecule has 3 aromatic rings. The highest BCUT2D eigenvalue weighted by molar-refractivity contribution is 5.79. The number of aryl methyl sites for hydroxylation is 1. The van der Waals surface area contributed by atoms with Crippen LogP contribution in [-0.2, 0) is 7.05 Å². The van der Waals surface area contributed by atoms with Crippen LogP contribution in [0.5, 0.6) is 0 Å². The Morgan fingerprint density at radius 2 is 1.89 bits per heavy atom. The minimum atomic E-state index is 0.398. The molecule has 3 aromatic heterocycles. The molecule has 0 aliphatic rings. The van der Waals surface area contributed by atoms with Crippen LogP contribution >= 0.6 is 0 Å². The average Bonchev–Trinajstić information content (AvgIpc) is 2.79. The zero-order chi connectivity index (χ0) is 13.4. The SMILES string of the molecule is CC(C)c1nn2ccccc2c1-c1cccc[n+]1C. The van der Waals surface area contributed by atoms with Gasteiger partial charge in [0.25, 0.3) is 0 Å². The van der Waals surface area contributed by atoms with E-state index in [0.717, 1.165) is 11.2 Å². The molecule has 96 valence electrons. The van der Waals surface area contributed by atoms with E-state index in [4.69, 9.17) is 5.10 Å². The van der Waals surface area contributed by atoms with Crippen LogP contribution in [0.3, 0.4) is 0 Å². The first kappa shape index (κ1) is 11.9. The lowest BCUT2D eigenvalue weighted by Gasteiger charge is -2.04. The number of fused-ring (bicyclic) bond motifs is 1. The van der Waals surface area contributed by atoms with Gasteiger partial charge in [-0.25, -0.2) is 9.08 Å². The van der Waals surface area contributed by atoms with E-state index in [1.54, 1.807) is 0 Å². The molecule has 0 aliphatic carbocycles. The first-order valence-corrected chi connectivity index (χ1v) is 6.61. The maximum Gasteiger partial charge on any atom is 0.216 e. The van der Waals surface area contributed by atoms with Crippen molar-refractivity contribution in [3.8, 4) is 11.3 Å². The lowest BCUT2D eigenvalue weighted by molar-refractivity contribution is -0.660. The van der Waals surface area contributed by atoms with Crippen molar-refractivity contribution in [1.82, 2.24) is 9.61 Å². The van der Waals surface area contributed by atoms with Gasteiger partial charge in [0.15, 0.2) is 6.20 Å². The van der Waals surface area contributed by atoms with Gasteiger partial charge in [-0.2, -0.15) is 5.10 Å². The Morgan fingerprint density at radius 1 is 1.11 bits per heavy atom. The van der Waals surface area contributed by atoms with Crippen molar-refractivity contribution in [3.63, 3.8) is 0 Å². The summed E-state index contributed by atoms with van der Waals surface area (Å²) < 4.78 is 4.12. The summed E-state index contributed by atoms with van der Waals surface area (Å²) in [6.45, 7) is 4.38. The maximum absolute atomic E-state index is 4.73. The quantitative estimate of drug-likeness (QED) is 0.642. The summed E-state index contributed by atoms with van der Waals surface area (Å²) in [5.41, 5.74) is 4.74. The molecule has 0 amide bonds. The van der Waals surface area contributed by atoms with Gasteiger partial charge in [-0.15, -0.1) is 0 Å². The molecule has 0 aromatic carbocycles. The zero-order valence-corrected chi connectivity index (χ0v) is 11.5. The van der Waals surface area contributed by atoms with Gasteiger partial charge in [0, 0.05) is 18.3 Å². The second kappa shape index (κ2) is 4.50. The number of nitrogens with zero attached hydrogens (tertiary/aromatic N) is 3. The molecular weight excluding hydrogens is 234 g/mol. The molecule has 0 bridgehead atoms. The molecule has 3 rings (SSSR count). The highest BCUT2D eigenvalue weighted by Gasteiger charge is 2.22. The van der Waals surface area contributed by atoms with Crippen LogP contribution in [0.4, 0.5) is 0 Å². The summed E-state index contributed by atoms with van der Waals surface area (Å²) in [5, 5.41) is 4.73. The Kier molecular flexibility index (Phi) is 2.82. The van der Waals surface area contributed by atoms with Gasteiger partial charge in [0.05, 0.1) is 16.8 Å². The van der Waals surface area contributed by atoms with Crippen molar-refractivity contribution < 1.29 is 4.57 Å². The lowest BCUT2D eigenvalue weighted by Crippen LogP contribution is -2.30. The first-order chi connectivity index (χ1) is 9.18. The van der Waals surface area contributed by atoms with Gasteiger partial charge in [0.2, 0.25) is 5.69 Å². The van der Waals surface area contributed by atoms with E-state index in [1.807, 2.05) is 22.8 Å². The van der Waals surface area contributed by atoms with Crippen molar-refractivity contribution in [1.29, 1.82) is 0 Å². The van der Waals surface area contributed by atoms with Crippen LogP contribution in [0.25, 0.3) is 16.8 Å². The minimum absolute atomic E-state index is 0.398. The van der Waals surface area contributed by atoms with Gasteiger partial charge in [-0.1, -0.05) is 19.9 Å². The summed E-state index contributed by atoms with van der Waals surface area (Å²) in [6, 6.07) is 12.5. The molecule has 3 heterocycles. The number of hydrogen-bond acceptors (Lipinski definition) is 1. The summed E-state index contributed by atoms with van der Waals surface area (Å²) in [6.07, 6.45) is 4.08. The molecule has 3 nitrogen and oxygen atoms in total. The molecule has 0 radical (unpaired) electrons. The van der Waals surface area contributed by atoms with Crippen LogP contribution in [0.1, 0.15) is 25.5 Å². The summed E-state index contributed by atoms with van der Waals surface area (Å²) in [5.74, 6) is 0.398. The van der Waals surface area contributed by atoms with Crippen LogP contribution in [0.2, 0.25) is 0 Å². The standard InChI is InChI=1S/C16H18N3/c1-12(2)16-15(13-8-4-6-10-18(13)3)14-9-5-7-11-19(14)17-16/h4-12H,1-3H3/q+1. The van der Waals surface area contributed by atoms with E-state index in [-0.39, 0.29) is 0 Å². The molecule has 0 atom stereocenters. The van der Waals surface area contributed by atoms with Crippen molar-refractivity contribution in [2.24, 2.45) is 7.05 Å². The number of hydrogen-bond donors (Lipinski definition) is 0. The Labute approximate surface area is 113 Å². The fourth-order valence-corrected chi connectivity index (χ4v) is 2.47. The molecule has 0 N–H and O–H groups in total. The predicted octanol–water partition coefficient (Wildman–Crippen LogP) is 2.95. The monoisotopic (exact) mass is 252 g/mol. The van der Waals surface area contributed by atoms with Crippen molar-refractivity contribution in [2.45, 2.75) is 19.8 Å².